The van der Waals surface area contributed by atoms with E-state index >= 15 is 0 Å². The molecular weight excluding hydrogens is 262 g/mol. The zero-order valence-corrected chi connectivity index (χ0v) is 12.0. The molecule has 0 aliphatic carbocycles. The van der Waals surface area contributed by atoms with Crippen LogP contribution in [0.15, 0.2) is 0 Å². The van der Waals surface area contributed by atoms with Gasteiger partial charge in [-0.25, -0.2) is 13.9 Å². The lowest BCUT2D eigenvalue weighted by molar-refractivity contribution is -0.142. The van der Waals surface area contributed by atoms with Gasteiger partial charge in [-0.2, -0.15) is 0 Å². The highest BCUT2D eigenvalue weighted by molar-refractivity contribution is 8.02. The number of carbonyl (C=O) groups is 1. The second-order valence-corrected chi connectivity index (χ2v) is 8.59. The van der Waals surface area contributed by atoms with Crippen LogP contribution in [0, 0.1) is 0 Å². The second kappa shape index (κ2) is 5.58. The summed E-state index contributed by atoms with van der Waals surface area (Å²) in [5.74, 6) is 0.431. The van der Waals surface area contributed by atoms with Crippen LogP contribution in [0.1, 0.15) is 27.2 Å². The molecule has 1 fully saturated rings. The Labute approximate surface area is 107 Å². The molecule has 100 valence electrons. The Balaban J connectivity index is 2.21. The molecule has 0 spiro atoms. The van der Waals surface area contributed by atoms with Crippen molar-refractivity contribution in [1.82, 2.24) is 5.48 Å². The van der Waals surface area contributed by atoms with Crippen LogP contribution in [0.2, 0.25) is 0 Å². The fourth-order valence-electron chi connectivity index (χ4n) is 1.33. The van der Waals surface area contributed by atoms with Crippen molar-refractivity contribution in [2.75, 3.05) is 17.3 Å². The van der Waals surface area contributed by atoms with Gasteiger partial charge in [0.2, 0.25) is 0 Å². The normalized spacial score (nSPS) is 23.6. The zero-order valence-electron chi connectivity index (χ0n) is 10.4. The van der Waals surface area contributed by atoms with Crippen LogP contribution in [0.5, 0.6) is 0 Å². The first-order valence-corrected chi connectivity index (χ1v) is 8.34. The van der Waals surface area contributed by atoms with Gasteiger partial charge >= 0.3 is 0 Å². The summed E-state index contributed by atoms with van der Waals surface area (Å²) in [4.78, 5) is 16.5. The standard InChI is InChI=1S/C10H19NO4S2/c1-10(2,3)15-11-9(12)6-16-8-4-5-17(13,14)7-8/h8H,4-7H2,1-3H3,(H,11,12). The Morgan fingerprint density at radius 2 is 2.12 bits per heavy atom. The summed E-state index contributed by atoms with van der Waals surface area (Å²) in [7, 11) is -2.86. The minimum atomic E-state index is -2.86. The molecule has 1 aliphatic rings. The molecule has 0 saturated carbocycles. The Kier molecular flexibility index (Phi) is 4.86. The third-order valence-electron chi connectivity index (χ3n) is 2.11. The number of amides is 1. The summed E-state index contributed by atoms with van der Waals surface area (Å²) >= 11 is 1.37. The van der Waals surface area contributed by atoms with Crippen molar-refractivity contribution >= 4 is 27.5 Å². The quantitative estimate of drug-likeness (QED) is 0.770. The maximum Gasteiger partial charge on any atom is 0.253 e. The van der Waals surface area contributed by atoms with E-state index in [9.17, 15) is 13.2 Å². The average Bonchev–Trinajstić information content (AvgIpc) is 2.51. The first-order valence-electron chi connectivity index (χ1n) is 5.47. The highest BCUT2D eigenvalue weighted by Crippen LogP contribution is 2.23. The van der Waals surface area contributed by atoms with Crippen molar-refractivity contribution in [1.29, 1.82) is 0 Å². The monoisotopic (exact) mass is 281 g/mol. The molecule has 1 aliphatic heterocycles. The van der Waals surface area contributed by atoms with E-state index in [1.807, 2.05) is 20.8 Å². The van der Waals surface area contributed by atoms with E-state index in [-0.39, 0.29) is 28.4 Å². The smallest absolute Gasteiger partial charge is 0.253 e. The third-order valence-corrected chi connectivity index (χ3v) is 5.39. The lowest BCUT2D eigenvalue weighted by Gasteiger charge is -2.19. The lowest BCUT2D eigenvalue weighted by atomic mass is 10.2. The summed E-state index contributed by atoms with van der Waals surface area (Å²) in [6.45, 7) is 5.51. The van der Waals surface area contributed by atoms with Gasteiger partial charge in [0.05, 0.1) is 22.9 Å². The number of hydrogen-bond acceptors (Lipinski definition) is 5. The molecule has 7 heteroatoms. The maximum absolute atomic E-state index is 11.4. The van der Waals surface area contributed by atoms with Crippen LogP contribution in [0.25, 0.3) is 0 Å². The fourth-order valence-corrected chi connectivity index (χ4v) is 4.76. The van der Waals surface area contributed by atoms with Crippen LogP contribution < -0.4 is 5.48 Å². The Bertz CT molecular complexity index is 372. The number of thioether (sulfide) groups is 1. The minimum Gasteiger partial charge on any atom is -0.272 e. The van der Waals surface area contributed by atoms with Crippen LogP contribution in [-0.2, 0) is 19.5 Å². The van der Waals surface area contributed by atoms with Gasteiger partial charge in [-0.15, -0.1) is 11.8 Å². The van der Waals surface area contributed by atoms with E-state index in [1.165, 1.54) is 11.8 Å². The lowest BCUT2D eigenvalue weighted by Crippen LogP contribution is -2.34. The molecule has 0 aromatic rings. The predicted octanol–water partition coefficient (Wildman–Crippen LogP) is 0.753. The van der Waals surface area contributed by atoms with E-state index in [1.54, 1.807) is 0 Å². The van der Waals surface area contributed by atoms with E-state index in [2.05, 4.69) is 5.48 Å². The predicted molar refractivity (Wildman–Crippen MR) is 68.5 cm³/mol. The van der Waals surface area contributed by atoms with Crippen LogP contribution in [0.3, 0.4) is 0 Å². The molecule has 5 nitrogen and oxygen atoms in total. The molecule has 1 unspecified atom stereocenters. The van der Waals surface area contributed by atoms with Crippen LogP contribution in [0.4, 0.5) is 0 Å². The molecular formula is C10H19NO4S2. The summed E-state index contributed by atoms with van der Waals surface area (Å²) in [6, 6.07) is 0. The summed E-state index contributed by atoms with van der Waals surface area (Å²) in [5, 5.41) is 0.0420. The Morgan fingerprint density at radius 1 is 1.47 bits per heavy atom. The number of rotatable bonds is 4. The summed E-state index contributed by atoms with van der Waals surface area (Å²) in [5.41, 5.74) is 1.94. The number of hydrogen-bond donors (Lipinski definition) is 1. The molecule has 0 aromatic heterocycles. The summed E-state index contributed by atoms with van der Waals surface area (Å²) in [6.07, 6.45) is 0.639. The van der Waals surface area contributed by atoms with Crippen molar-refractivity contribution in [3.8, 4) is 0 Å². The Hall–Kier alpha value is -0.270. The van der Waals surface area contributed by atoms with Gasteiger partial charge in [-0.1, -0.05) is 0 Å². The van der Waals surface area contributed by atoms with Crippen molar-refractivity contribution in [2.45, 2.75) is 38.0 Å². The van der Waals surface area contributed by atoms with Gasteiger partial charge < -0.3 is 0 Å². The molecule has 1 atom stereocenters. The first kappa shape index (κ1) is 14.8. The maximum atomic E-state index is 11.4. The highest BCUT2D eigenvalue weighted by atomic mass is 32.2. The number of nitrogens with one attached hydrogen (secondary N) is 1. The van der Waals surface area contributed by atoms with Crippen LogP contribution >= 0.6 is 11.8 Å². The minimum absolute atomic E-state index is 0.0420. The van der Waals surface area contributed by atoms with Gasteiger partial charge in [0.15, 0.2) is 9.84 Å². The van der Waals surface area contributed by atoms with Crippen molar-refractivity contribution in [3.05, 3.63) is 0 Å². The first-order chi connectivity index (χ1) is 7.68. The molecule has 0 aromatic carbocycles. The summed E-state index contributed by atoms with van der Waals surface area (Å²) < 4.78 is 22.4. The second-order valence-electron chi connectivity index (χ2n) is 5.08. The fraction of sp³-hybridized carbons (Fsp3) is 0.900. The van der Waals surface area contributed by atoms with Gasteiger partial charge in [-0.05, 0) is 27.2 Å². The van der Waals surface area contributed by atoms with E-state index in [4.69, 9.17) is 4.84 Å². The highest BCUT2D eigenvalue weighted by Gasteiger charge is 2.28. The van der Waals surface area contributed by atoms with Gasteiger partial charge in [0, 0.05) is 5.25 Å². The van der Waals surface area contributed by atoms with Crippen molar-refractivity contribution in [3.63, 3.8) is 0 Å². The molecule has 1 saturated heterocycles. The molecule has 1 N–H and O–H groups in total. The SMILES string of the molecule is CC(C)(C)ONC(=O)CSC1CCS(=O)(=O)C1. The third kappa shape index (κ3) is 6.28. The number of hydroxylamine groups is 1. The van der Waals surface area contributed by atoms with Crippen molar-refractivity contribution in [2.24, 2.45) is 0 Å². The topological polar surface area (TPSA) is 72.5 Å². The molecule has 1 heterocycles. The van der Waals surface area contributed by atoms with E-state index < -0.39 is 15.4 Å². The van der Waals surface area contributed by atoms with E-state index in [0.717, 1.165) is 0 Å². The largest absolute Gasteiger partial charge is 0.272 e. The Morgan fingerprint density at radius 3 is 2.59 bits per heavy atom. The zero-order chi connectivity index (χ0) is 13.1. The number of sulfone groups is 1. The van der Waals surface area contributed by atoms with Gasteiger partial charge in [0.25, 0.3) is 5.91 Å². The molecule has 17 heavy (non-hydrogen) atoms. The molecule has 0 bridgehead atoms. The van der Waals surface area contributed by atoms with Gasteiger partial charge in [0.1, 0.15) is 0 Å². The molecule has 0 radical (unpaired) electrons. The average molecular weight is 281 g/mol. The van der Waals surface area contributed by atoms with Crippen LogP contribution in [-0.4, -0.2) is 42.4 Å². The van der Waals surface area contributed by atoms with E-state index in [0.29, 0.717) is 6.42 Å². The molecule has 1 rings (SSSR count). The molecule has 1 amide bonds. The van der Waals surface area contributed by atoms with Gasteiger partial charge in [-0.3, -0.25) is 9.63 Å². The van der Waals surface area contributed by atoms with Crippen molar-refractivity contribution < 1.29 is 18.0 Å². The number of carbonyl (C=O) groups excluding carboxylic acids is 1.